The Bertz CT molecular complexity index is 1230. The van der Waals surface area contributed by atoms with E-state index in [9.17, 15) is 19.1 Å². The van der Waals surface area contributed by atoms with Crippen LogP contribution in [0.2, 0.25) is 0 Å². The molecule has 0 radical (unpaired) electrons. The molecule has 0 aliphatic carbocycles. The number of hydrazine groups is 1. The fraction of sp³-hybridized carbons (Fsp3) is 0.227. The normalized spacial score (nSPS) is 22.9. The molecule has 5 rings (SSSR count). The first-order valence-electron chi connectivity index (χ1n) is 9.92. The Morgan fingerprint density at radius 3 is 2.68 bits per heavy atom. The van der Waals surface area contributed by atoms with Crippen molar-refractivity contribution < 1.29 is 14.3 Å². The van der Waals surface area contributed by atoms with Gasteiger partial charge < -0.3 is 15.0 Å². The molecule has 2 N–H and O–H groups in total. The van der Waals surface area contributed by atoms with E-state index in [0.29, 0.717) is 11.3 Å². The Hall–Kier alpha value is -3.56. The van der Waals surface area contributed by atoms with Gasteiger partial charge in [-0.15, -0.1) is 0 Å². The zero-order valence-corrected chi connectivity index (χ0v) is 16.4. The number of nitrogens with one attached hydrogen (secondary N) is 1. The van der Waals surface area contributed by atoms with Crippen LogP contribution in [0.1, 0.15) is 17.3 Å². The van der Waals surface area contributed by atoms with E-state index in [-0.39, 0.29) is 36.5 Å². The number of carbonyl (C=O) groups is 1. The van der Waals surface area contributed by atoms with E-state index in [4.69, 9.17) is 0 Å². The average Bonchev–Trinajstić information content (AvgIpc) is 3.16. The van der Waals surface area contributed by atoms with Crippen LogP contribution in [0.4, 0.5) is 4.39 Å². The van der Waals surface area contributed by atoms with Crippen molar-refractivity contribution in [1.82, 2.24) is 24.7 Å². The van der Waals surface area contributed by atoms with Crippen LogP contribution in [-0.4, -0.2) is 43.0 Å². The predicted molar refractivity (Wildman–Crippen MR) is 110 cm³/mol. The Kier molecular flexibility index (Phi) is 4.76. The summed E-state index contributed by atoms with van der Waals surface area (Å²) in [6.45, 7) is -0.0845. The van der Waals surface area contributed by atoms with Crippen molar-refractivity contribution in [2.75, 3.05) is 6.61 Å². The summed E-state index contributed by atoms with van der Waals surface area (Å²) in [5, 5.41) is 11.7. The molecule has 1 fully saturated rings. The molecule has 1 saturated heterocycles. The third-order valence-corrected chi connectivity index (χ3v) is 5.76. The second-order valence-electron chi connectivity index (χ2n) is 7.64. The lowest BCUT2D eigenvalue weighted by Crippen LogP contribution is -2.50. The first kappa shape index (κ1) is 19.4. The van der Waals surface area contributed by atoms with Gasteiger partial charge in [0, 0.05) is 30.6 Å². The van der Waals surface area contributed by atoms with E-state index in [2.05, 4.69) is 10.4 Å². The molecule has 3 unspecified atom stereocenters. The van der Waals surface area contributed by atoms with Crippen LogP contribution < -0.4 is 11.0 Å². The summed E-state index contributed by atoms with van der Waals surface area (Å²) < 4.78 is 14.8. The lowest BCUT2D eigenvalue weighted by Gasteiger charge is -2.33. The maximum atomic E-state index is 13.3. The van der Waals surface area contributed by atoms with Crippen LogP contribution in [0.15, 0.2) is 71.9 Å². The monoisotopic (exact) mass is 421 g/mol. The Morgan fingerprint density at radius 1 is 1.10 bits per heavy atom. The summed E-state index contributed by atoms with van der Waals surface area (Å²) in [5.41, 5.74) is 4.77. The zero-order chi connectivity index (χ0) is 21.5. The van der Waals surface area contributed by atoms with Crippen LogP contribution in [0, 0.1) is 11.7 Å². The molecule has 0 saturated carbocycles. The molecule has 2 aliphatic heterocycles. The highest BCUT2D eigenvalue weighted by Crippen LogP contribution is 2.36. The van der Waals surface area contributed by atoms with E-state index in [1.807, 2.05) is 0 Å². The van der Waals surface area contributed by atoms with E-state index in [0.717, 1.165) is 5.56 Å². The summed E-state index contributed by atoms with van der Waals surface area (Å²) in [6.07, 6.45) is 5.00. The van der Waals surface area contributed by atoms with Gasteiger partial charge in [0.25, 0.3) is 11.5 Å². The molecule has 4 heterocycles. The van der Waals surface area contributed by atoms with Gasteiger partial charge in [-0.3, -0.25) is 14.0 Å². The molecular weight excluding hydrogens is 401 g/mol. The summed E-state index contributed by atoms with van der Waals surface area (Å²) in [6, 6.07) is 11.7. The third-order valence-electron chi connectivity index (χ3n) is 5.76. The van der Waals surface area contributed by atoms with Gasteiger partial charge in [0.05, 0.1) is 24.9 Å². The third kappa shape index (κ3) is 3.37. The number of halogens is 1. The lowest BCUT2D eigenvalue weighted by atomic mass is 9.89. The number of aliphatic hydroxyl groups excluding tert-OH is 1. The van der Waals surface area contributed by atoms with Gasteiger partial charge in [-0.25, -0.2) is 14.8 Å². The molecule has 8 nitrogen and oxygen atoms in total. The highest BCUT2D eigenvalue weighted by molar-refractivity contribution is 5.84. The van der Waals surface area contributed by atoms with Crippen molar-refractivity contribution in [2.45, 2.75) is 18.6 Å². The topological polar surface area (TPSA) is 90.2 Å². The van der Waals surface area contributed by atoms with Crippen molar-refractivity contribution in [3.05, 3.63) is 94.6 Å². The van der Waals surface area contributed by atoms with Crippen molar-refractivity contribution in [3.63, 3.8) is 0 Å². The SMILES string of the molecule is O=C1C2C(CO)C(c3ccc(F)cc3)NN2C=CN1Cc1cc(=O)n2ccccc2n1. The van der Waals surface area contributed by atoms with Gasteiger partial charge in [0.15, 0.2) is 0 Å². The summed E-state index contributed by atoms with van der Waals surface area (Å²) in [4.78, 5) is 31.6. The highest BCUT2D eigenvalue weighted by atomic mass is 19.1. The number of hydrogen-bond donors (Lipinski definition) is 2. The number of fused-ring (bicyclic) bond motifs is 2. The van der Waals surface area contributed by atoms with Gasteiger partial charge in [0.2, 0.25) is 0 Å². The smallest absolute Gasteiger partial charge is 0.258 e. The highest BCUT2D eigenvalue weighted by Gasteiger charge is 2.47. The quantitative estimate of drug-likeness (QED) is 0.658. The number of nitrogens with zero attached hydrogens (tertiary/aromatic N) is 4. The van der Waals surface area contributed by atoms with Gasteiger partial charge in [-0.1, -0.05) is 18.2 Å². The fourth-order valence-corrected chi connectivity index (χ4v) is 4.25. The molecule has 1 aromatic carbocycles. The number of aromatic nitrogens is 2. The number of rotatable bonds is 4. The minimum absolute atomic E-state index is 0.139. The lowest BCUT2D eigenvalue weighted by molar-refractivity contribution is -0.136. The number of aliphatic hydroxyl groups is 1. The van der Waals surface area contributed by atoms with E-state index in [1.54, 1.807) is 53.9 Å². The zero-order valence-electron chi connectivity index (χ0n) is 16.4. The average molecular weight is 421 g/mol. The maximum Gasteiger partial charge on any atom is 0.258 e. The Balaban J connectivity index is 1.41. The van der Waals surface area contributed by atoms with Crippen LogP contribution >= 0.6 is 0 Å². The first-order valence-corrected chi connectivity index (χ1v) is 9.92. The molecule has 2 aromatic heterocycles. The van der Waals surface area contributed by atoms with E-state index < -0.39 is 12.0 Å². The van der Waals surface area contributed by atoms with Crippen molar-refractivity contribution in [2.24, 2.45) is 5.92 Å². The van der Waals surface area contributed by atoms with E-state index >= 15 is 0 Å². The number of amides is 1. The van der Waals surface area contributed by atoms with Crippen molar-refractivity contribution >= 4 is 11.6 Å². The van der Waals surface area contributed by atoms with E-state index in [1.165, 1.54) is 27.5 Å². The van der Waals surface area contributed by atoms with Crippen LogP contribution in [0.3, 0.4) is 0 Å². The molecule has 1 amide bonds. The van der Waals surface area contributed by atoms with Gasteiger partial charge in [-0.05, 0) is 29.8 Å². The molecule has 9 heteroatoms. The van der Waals surface area contributed by atoms with Gasteiger partial charge in [-0.2, -0.15) is 0 Å². The molecule has 3 atom stereocenters. The Labute approximate surface area is 176 Å². The van der Waals surface area contributed by atoms with Crippen LogP contribution in [-0.2, 0) is 11.3 Å². The summed E-state index contributed by atoms with van der Waals surface area (Å²) in [7, 11) is 0. The minimum atomic E-state index is -0.633. The molecule has 3 aromatic rings. The summed E-state index contributed by atoms with van der Waals surface area (Å²) >= 11 is 0. The standard InChI is InChI=1S/C22H20FN5O3/c23-15-6-4-14(5-7-15)20-17(13-29)21-22(31)26(9-10-28(21)25-20)12-16-11-19(30)27-8-2-1-3-18(27)24-16/h1-11,17,20-21,25,29H,12-13H2. The molecule has 31 heavy (non-hydrogen) atoms. The number of pyridine rings is 1. The minimum Gasteiger partial charge on any atom is -0.396 e. The van der Waals surface area contributed by atoms with Crippen LogP contribution in [0.5, 0.6) is 0 Å². The second-order valence-corrected chi connectivity index (χ2v) is 7.64. The number of hydrogen-bond acceptors (Lipinski definition) is 6. The Morgan fingerprint density at radius 2 is 1.90 bits per heavy atom. The van der Waals surface area contributed by atoms with Gasteiger partial charge >= 0.3 is 0 Å². The largest absolute Gasteiger partial charge is 0.396 e. The summed E-state index contributed by atoms with van der Waals surface area (Å²) in [5.74, 6) is -0.990. The first-order chi connectivity index (χ1) is 15.0. The number of carbonyl (C=O) groups excluding carboxylic acids is 1. The molecule has 0 bridgehead atoms. The second kappa shape index (κ2) is 7.60. The molecule has 2 aliphatic rings. The fourth-order valence-electron chi connectivity index (χ4n) is 4.25. The van der Waals surface area contributed by atoms with Crippen molar-refractivity contribution in [3.8, 4) is 0 Å². The predicted octanol–water partition coefficient (Wildman–Crippen LogP) is 1.19. The number of benzene rings is 1. The van der Waals surface area contributed by atoms with Gasteiger partial charge in [0.1, 0.15) is 17.5 Å². The molecular formula is C22H20FN5O3. The maximum absolute atomic E-state index is 13.3. The molecule has 0 spiro atoms. The van der Waals surface area contributed by atoms with Crippen LogP contribution in [0.25, 0.3) is 5.65 Å². The molecule has 158 valence electrons. The van der Waals surface area contributed by atoms with Crippen molar-refractivity contribution in [1.29, 1.82) is 0 Å².